The molecule has 0 aliphatic heterocycles. The normalized spacial score (nSPS) is 10.9. The van der Waals surface area contributed by atoms with Gasteiger partial charge < -0.3 is 19.5 Å². The summed E-state index contributed by atoms with van der Waals surface area (Å²) in [6.07, 6.45) is 2.72. The summed E-state index contributed by atoms with van der Waals surface area (Å²) in [6.45, 7) is 0.638. The number of ether oxygens (including phenoxy) is 3. The highest BCUT2D eigenvalue weighted by atomic mass is 79.9. The summed E-state index contributed by atoms with van der Waals surface area (Å²) in [7, 11) is -1.05. The molecule has 3 N–H and O–H groups in total. The first kappa shape index (κ1) is 27.3. The monoisotopic (exact) mass is 595 g/mol. The highest BCUT2D eigenvalue weighted by molar-refractivity contribution is 9.10. The van der Waals surface area contributed by atoms with Gasteiger partial charge in [0.1, 0.15) is 12.4 Å². The molecule has 3 aromatic rings. The second kappa shape index (κ2) is 12.6. The van der Waals surface area contributed by atoms with E-state index < -0.39 is 15.9 Å². The third kappa shape index (κ3) is 7.34. The Morgan fingerprint density at radius 1 is 1.06 bits per heavy atom. The summed E-state index contributed by atoms with van der Waals surface area (Å²) in [4.78, 5) is 20.6. The number of anilines is 2. The van der Waals surface area contributed by atoms with Crippen LogP contribution in [0, 0.1) is 0 Å². The number of thiocarbonyl (C=S) groups is 1. The highest BCUT2D eigenvalue weighted by Crippen LogP contribution is 2.24. The molecule has 0 fully saturated rings. The van der Waals surface area contributed by atoms with Crippen LogP contribution in [0.1, 0.15) is 10.4 Å². The first-order valence-corrected chi connectivity index (χ1v) is 12.9. The molecule has 1 heterocycles. The van der Waals surface area contributed by atoms with Crippen LogP contribution in [0.25, 0.3) is 0 Å². The van der Waals surface area contributed by atoms with Crippen molar-refractivity contribution >= 4 is 60.7 Å². The average molecular weight is 596 g/mol. The maximum Gasteiger partial charge on any atom is 0.263 e. The highest BCUT2D eigenvalue weighted by Gasteiger charge is 2.19. The zero-order valence-corrected chi connectivity index (χ0v) is 22.4. The Morgan fingerprint density at radius 3 is 2.47 bits per heavy atom. The maximum atomic E-state index is 12.8. The number of amides is 1. The molecule has 0 radical (unpaired) electrons. The summed E-state index contributed by atoms with van der Waals surface area (Å²) in [6, 6.07) is 10.8. The van der Waals surface area contributed by atoms with Gasteiger partial charge in [-0.15, -0.1) is 0 Å². The summed E-state index contributed by atoms with van der Waals surface area (Å²) in [5.74, 6) is -0.109. The number of sulfonamides is 1. The minimum Gasteiger partial charge on any atom is -0.490 e. The van der Waals surface area contributed by atoms with Gasteiger partial charge in [-0.2, -0.15) is 0 Å². The number of nitrogens with one attached hydrogen (secondary N) is 3. The molecule has 11 nitrogen and oxygen atoms in total. The number of rotatable bonds is 10. The lowest BCUT2D eigenvalue weighted by Gasteiger charge is -2.14. The number of benzene rings is 2. The maximum absolute atomic E-state index is 12.8. The Balaban J connectivity index is 1.65. The van der Waals surface area contributed by atoms with Crippen molar-refractivity contribution in [1.29, 1.82) is 0 Å². The summed E-state index contributed by atoms with van der Waals surface area (Å²) >= 11 is 8.58. The number of methoxy groups -OCH3 is 2. The molecule has 2 aromatic carbocycles. The Bertz CT molecular complexity index is 1340. The predicted octanol–water partition coefficient (Wildman–Crippen LogP) is 3.20. The van der Waals surface area contributed by atoms with E-state index in [4.69, 9.17) is 26.4 Å². The molecule has 0 aliphatic rings. The number of hydrogen-bond acceptors (Lipinski definition) is 9. The number of hydrogen-bond donors (Lipinski definition) is 3. The fourth-order valence-corrected chi connectivity index (χ4v) is 4.40. The lowest BCUT2D eigenvalue weighted by Crippen LogP contribution is -2.34. The van der Waals surface area contributed by atoms with Gasteiger partial charge in [-0.1, -0.05) is 15.9 Å². The summed E-state index contributed by atoms with van der Waals surface area (Å²) in [5, 5.41) is 5.44. The van der Waals surface area contributed by atoms with E-state index in [1.807, 2.05) is 0 Å². The topological polar surface area (TPSA) is 141 Å². The van der Waals surface area contributed by atoms with Gasteiger partial charge in [0, 0.05) is 29.7 Å². The fourth-order valence-electron chi connectivity index (χ4n) is 2.82. The van der Waals surface area contributed by atoms with Crippen molar-refractivity contribution < 1.29 is 27.4 Å². The third-order valence-corrected chi connectivity index (χ3v) is 6.52. The Kier molecular flexibility index (Phi) is 9.52. The first-order chi connectivity index (χ1) is 17.2. The van der Waals surface area contributed by atoms with Crippen LogP contribution in [0.3, 0.4) is 0 Å². The quantitative estimate of drug-likeness (QED) is 0.236. The van der Waals surface area contributed by atoms with E-state index in [0.29, 0.717) is 22.5 Å². The van der Waals surface area contributed by atoms with Gasteiger partial charge >= 0.3 is 0 Å². The molecule has 0 spiro atoms. The van der Waals surface area contributed by atoms with Gasteiger partial charge in [-0.05, 0) is 54.7 Å². The number of carbonyl (C=O) groups is 1. The smallest absolute Gasteiger partial charge is 0.263 e. The van der Waals surface area contributed by atoms with Gasteiger partial charge in [-0.3, -0.25) is 14.8 Å². The molecule has 0 saturated heterocycles. The molecule has 3 rings (SSSR count). The molecule has 36 heavy (non-hydrogen) atoms. The lowest BCUT2D eigenvalue weighted by atomic mass is 10.2. The van der Waals surface area contributed by atoms with Gasteiger partial charge in [0.25, 0.3) is 21.8 Å². The molecule has 190 valence electrons. The molecule has 0 aliphatic carbocycles. The molecule has 0 atom stereocenters. The van der Waals surface area contributed by atoms with Crippen LogP contribution in [-0.2, 0) is 14.8 Å². The van der Waals surface area contributed by atoms with Gasteiger partial charge in [0.2, 0.25) is 5.82 Å². The average Bonchev–Trinajstić information content (AvgIpc) is 2.85. The van der Waals surface area contributed by atoms with Gasteiger partial charge in [0.15, 0.2) is 5.11 Å². The molecular weight excluding hydrogens is 574 g/mol. The van der Waals surface area contributed by atoms with Crippen molar-refractivity contribution in [1.82, 2.24) is 15.3 Å². The standard InChI is InChI=1S/C22H22BrN5O6S2/c1-32-11-12-34-18-8-3-14(23)13-17(18)20(29)27-22(35)26-15-4-6-16(7-5-15)36(30,31)28-19-21(33-2)25-10-9-24-19/h3-10,13H,11-12H2,1-2H3,(H,24,28)(H2,26,27,29,35). The summed E-state index contributed by atoms with van der Waals surface area (Å²) in [5.41, 5.74) is 0.735. The molecule has 0 bridgehead atoms. The number of aromatic nitrogens is 2. The molecule has 1 amide bonds. The van der Waals surface area contributed by atoms with Crippen LogP contribution in [0.2, 0.25) is 0 Å². The predicted molar refractivity (Wildman–Crippen MR) is 141 cm³/mol. The molecule has 14 heteroatoms. The van der Waals surface area contributed by atoms with Gasteiger partial charge in [-0.25, -0.2) is 18.4 Å². The fraction of sp³-hybridized carbons (Fsp3) is 0.182. The van der Waals surface area contributed by atoms with Crippen molar-refractivity contribution in [3.8, 4) is 11.6 Å². The minimum atomic E-state index is -3.95. The lowest BCUT2D eigenvalue weighted by molar-refractivity contribution is 0.0969. The zero-order valence-electron chi connectivity index (χ0n) is 19.1. The number of carbonyl (C=O) groups excluding carboxylic acids is 1. The molecule has 0 saturated carbocycles. The van der Waals surface area contributed by atoms with Crippen LogP contribution in [0.4, 0.5) is 11.5 Å². The first-order valence-electron chi connectivity index (χ1n) is 10.2. The largest absolute Gasteiger partial charge is 0.490 e. The Labute approximate surface area is 221 Å². The number of nitrogens with zero attached hydrogens (tertiary/aromatic N) is 2. The van der Waals surface area contributed by atoms with Crippen LogP contribution < -0.4 is 24.8 Å². The Hall–Kier alpha value is -3.33. The van der Waals surface area contributed by atoms with E-state index in [1.54, 1.807) is 25.3 Å². The van der Waals surface area contributed by atoms with Crippen LogP contribution in [0.15, 0.2) is 64.2 Å². The summed E-state index contributed by atoms with van der Waals surface area (Å²) < 4.78 is 44.0. The van der Waals surface area contributed by atoms with E-state index in [1.165, 1.54) is 43.8 Å². The van der Waals surface area contributed by atoms with Gasteiger partial charge in [0.05, 0.1) is 24.2 Å². The SMILES string of the molecule is COCCOc1ccc(Br)cc1C(=O)NC(=S)Nc1ccc(S(=O)(=O)Nc2nccnc2OC)cc1. The number of halogens is 1. The molecule has 1 aromatic heterocycles. The zero-order chi connectivity index (χ0) is 26.1. The van der Waals surface area contributed by atoms with E-state index in [0.717, 1.165) is 0 Å². The van der Waals surface area contributed by atoms with Crippen molar-refractivity contribution in [3.05, 3.63) is 64.9 Å². The Morgan fingerprint density at radius 2 is 1.78 bits per heavy atom. The van der Waals surface area contributed by atoms with Crippen LogP contribution >= 0.6 is 28.1 Å². The minimum absolute atomic E-state index is 0.0147. The van der Waals surface area contributed by atoms with Crippen molar-refractivity contribution in [3.63, 3.8) is 0 Å². The van der Waals surface area contributed by atoms with Crippen LogP contribution in [-0.4, -0.2) is 56.8 Å². The van der Waals surface area contributed by atoms with E-state index in [2.05, 4.69) is 41.3 Å². The second-order valence-corrected chi connectivity index (χ2v) is 9.94. The third-order valence-electron chi connectivity index (χ3n) is 4.47. The van der Waals surface area contributed by atoms with Crippen molar-refractivity contribution in [2.45, 2.75) is 4.90 Å². The van der Waals surface area contributed by atoms with Crippen molar-refractivity contribution in [2.24, 2.45) is 0 Å². The van der Waals surface area contributed by atoms with Crippen molar-refractivity contribution in [2.75, 3.05) is 37.5 Å². The van der Waals surface area contributed by atoms with E-state index >= 15 is 0 Å². The molecule has 0 unspecified atom stereocenters. The van der Waals surface area contributed by atoms with E-state index in [9.17, 15) is 13.2 Å². The molecular formula is C22H22BrN5O6S2. The van der Waals surface area contributed by atoms with Crippen LogP contribution in [0.5, 0.6) is 11.6 Å². The second-order valence-electron chi connectivity index (χ2n) is 6.93. The van der Waals surface area contributed by atoms with E-state index in [-0.39, 0.29) is 33.9 Å².